The van der Waals surface area contributed by atoms with Crippen LogP contribution in [0.5, 0.6) is 11.5 Å². The van der Waals surface area contributed by atoms with E-state index in [0.29, 0.717) is 18.9 Å². The monoisotopic (exact) mass is 331 g/mol. The number of halogens is 1. The highest BCUT2D eigenvalue weighted by atomic mass is 79.9. The Morgan fingerprint density at radius 2 is 1.95 bits per heavy atom. The second-order valence-corrected chi connectivity index (χ2v) is 5.15. The molecular formula is C14H22BrNO3. The number of hydrogen-bond acceptors (Lipinski definition) is 4. The molecule has 0 amide bonds. The fraction of sp³-hybridized carbons (Fsp3) is 0.571. The van der Waals surface area contributed by atoms with Crippen LogP contribution in [0.25, 0.3) is 0 Å². The third-order valence-corrected chi connectivity index (χ3v) is 3.41. The van der Waals surface area contributed by atoms with E-state index in [2.05, 4.69) is 15.9 Å². The Balaban J connectivity index is 2.52. The topological polar surface area (TPSA) is 64.7 Å². The summed E-state index contributed by atoms with van der Waals surface area (Å²) in [5.41, 5.74) is 6.62. The molecule has 0 saturated carbocycles. The summed E-state index contributed by atoms with van der Waals surface area (Å²) in [6.45, 7) is 1.37. The van der Waals surface area contributed by atoms with Crippen LogP contribution in [0.4, 0.5) is 0 Å². The third-order valence-electron chi connectivity index (χ3n) is 2.82. The van der Waals surface area contributed by atoms with Crippen LogP contribution in [0, 0.1) is 0 Å². The summed E-state index contributed by atoms with van der Waals surface area (Å²) >= 11 is 3.48. The molecule has 5 heteroatoms. The van der Waals surface area contributed by atoms with Crippen molar-refractivity contribution >= 4 is 15.9 Å². The van der Waals surface area contributed by atoms with E-state index in [-0.39, 0.29) is 6.61 Å². The minimum atomic E-state index is 0.265. The Labute approximate surface area is 123 Å². The van der Waals surface area contributed by atoms with Gasteiger partial charge in [-0.25, -0.2) is 0 Å². The number of unbranched alkanes of at least 4 members (excludes halogenated alkanes) is 3. The van der Waals surface area contributed by atoms with E-state index in [4.69, 9.17) is 20.3 Å². The van der Waals surface area contributed by atoms with E-state index in [0.717, 1.165) is 41.5 Å². The third kappa shape index (κ3) is 5.38. The first-order chi connectivity index (χ1) is 9.22. The summed E-state index contributed by atoms with van der Waals surface area (Å²) in [5, 5.41) is 8.69. The van der Waals surface area contributed by atoms with Crippen LogP contribution in [-0.2, 0) is 6.54 Å². The van der Waals surface area contributed by atoms with Gasteiger partial charge in [-0.15, -0.1) is 0 Å². The molecule has 1 aromatic carbocycles. The highest BCUT2D eigenvalue weighted by Gasteiger charge is 2.11. The van der Waals surface area contributed by atoms with E-state index < -0.39 is 0 Å². The average Bonchev–Trinajstić information content (AvgIpc) is 2.43. The van der Waals surface area contributed by atoms with E-state index in [1.807, 2.05) is 12.1 Å². The van der Waals surface area contributed by atoms with Crippen LogP contribution in [0.2, 0.25) is 0 Å². The summed E-state index contributed by atoms with van der Waals surface area (Å²) in [7, 11) is 1.62. The number of nitrogens with two attached hydrogens (primary N) is 1. The first-order valence-electron chi connectivity index (χ1n) is 6.53. The van der Waals surface area contributed by atoms with Gasteiger partial charge in [-0.2, -0.15) is 0 Å². The molecular weight excluding hydrogens is 310 g/mol. The van der Waals surface area contributed by atoms with Crippen molar-refractivity contribution in [2.75, 3.05) is 20.3 Å². The first-order valence-corrected chi connectivity index (χ1v) is 7.32. The first kappa shape index (κ1) is 16.3. The van der Waals surface area contributed by atoms with Crippen molar-refractivity contribution in [3.63, 3.8) is 0 Å². The Hall–Kier alpha value is -0.780. The SMILES string of the molecule is COc1cc(CN)cc(Br)c1OCCCCCCO. The van der Waals surface area contributed by atoms with Gasteiger partial charge in [-0.1, -0.05) is 6.42 Å². The van der Waals surface area contributed by atoms with Gasteiger partial charge in [-0.05, 0) is 52.9 Å². The average molecular weight is 332 g/mol. The fourth-order valence-corrected chi connectivity index (χ4v) is 2.38. The Bertz CT molecular complexity index is 385. The van der Waals surface area contributed by atoms with Gasteiger partial charge >= 0.3 is 0 Å². The maximum atomic E-state index is 8.69. The van der Waals surface area contributed by atoms with Crippen molar-refractivity contribution in [1.82, 2.24) is 0 Å². The minimum absolute atomic E-state index is 0.265. The van der Waals surface area contributed by atoms with Gasteiger partial charge in [0.05, 0.1) is 18.2 Å². The molecule has 1 aromatic rings. The molecule has 0 unspecified atom stereocenters. The van der Waals surface area contributed by atoms with Gasteiger partial charge in [0, 0.05) is 13.2 Å². The van der Waals surface area contributed by atoms with Gasteiger partial charge in [0.25, 0.3) is 0 Å². The largest absolute Gasteiger partial charge is 0.493 e. The normalized spacial score (nSPS) is 10.5. The number of ether oxygens (including phenoxy) is 2. The second kappa shape index (κ2) is 9.18. The van der Waals surface area contributed by atoms with Gasteiger partial charge in [0.1, 0.15) is 0 Å². The van der Waals surface area contributed by atoms with Crippen LogP contribution in [0.1, 0.15) is 31.2 Å². The highest BCUT2D eigenvalue weighted by Crippen LogP contribution is 2.36. The molecule has 19 heavy (non-hydrogen) atoms. The molecule has 0 aliphatic heterocycles. The molecule has 0 heterocycles. The molecule has 0 spiro atoms. The summed E-state index contributed by atoms with van der Waals surface area (Å²) in [5.74, 6) is 1.42. The summed E-state index contributed by atoms with van der Waals surface area (Å²) < 4.78 is 11.9. The zero-order valence-electron chi connectivity index (χ0n) is 11.3. The van der Waals surface area contributed by atoms with Crippen LogP contribution < -0.4 is 15.2 Å². The number of aliphatic hydroxyl groups excluding tert-OH is 1. The minimum Gasteiger partial charge on any atom is -0.493 e. The molecule has 3 N–H and O–H groups in total. The van der Waals surface area contributed by atoms with Gasteiger partial charge in [0.15, 0.2) is 11.5 Å². The molecule has 0 aliphatic rings. The van der Waals surface area contributed by atoms with Crippen molar-refractivity contribution in [2.24, 2.45) is 5.73 Å². The van der Waals surface area contributed by atoms with Gasteiger partial charge in [-0.3, -0.25) is 0 Å². The predicted molar refractivity (Wildman–Crippen MR) is 79.6 cm³/mol. The van der Waals surface area contributed by atoms with E-state index in [1.54, 1.807) is 7.11 Å². The number of benzene rings is 1. The van der Waals surface area contributed by atoms with Crippen LogP contribution in [0.15, 0.2) is 16.6 Å². The smallest absolute Gasteiger partial charge is 0.175 e. The Morgan fingerprint density at radius 1 is 1.21 bits per heavy atom. The fourth-order valence-electron chi connectivity index (χ4n) is 1.77. The molecule has 0 fully saturated rings. The number of aliphatic hydroxyl groups is 1. The lowest BCUT2D eigenvalue weighted by Crippen LogP contribution is -2.03. The summed E-state index contributed by atoms with van der Waals surface area (Å²) in [6, 6.07) is 3.84. The lowest BCUT2D eigenvalue weighted by molar-refractivity contribution is 0.267. The molecule has 0 radical (unpaired) electrons. The summed E-state index contributed by atoms with van der Waals surface area (Å²) in [4.78, 5) is 0. The molecule has 0 bridgehead atoms. The molecule has 0 atom stereocenters. The lowest BCUT2D eigenvalue weighted by Gasteiger charge is -2.14. The van der Waals surface area contributed by atoms with Crippen LogP contribution >= 0.6 is 15.9 Å². The van der Waals surface area contributed by atoms with Gasteiger partial charge in [0.2, 0.25) is 0 Å². The second-order valence-electron chi connectivity index (χ2n) is 4.30. The predicted octanol–water partition coefficient (Wildman–Crippen LogP) is 2.85. The maximum Gasteiger partial charge on any atom is 0.175 e. The standard InChI is InChI=1S/C14H22BrNO3/c1-18-13-9-11(10-16)8-12(15)14(13)19-7-5-3-2-4-6-17/h8-9,17H,2-7,10,16H2,1H3. The number of methoxy groups -OCH3 is 1. The maximum absolute atomic E-state index is 8.69. The van der Waals surface area contributed by atoms with Crippen molar-refractivity contribution < 1.29 is 14.6 Å². The van der Waals surface area contributed by atoms with E-state index >= 15 is 0 Å². The molecule has 1 rings (SSSR count). The highest BCUT2D eigenvalue weighted by molar-refractivity contribution is 9.10. The van der Waals surface area contributed by atoms with Crippen LogP contribution in [0.3, 0.4) is 0 Å². The molecule has 0 saturated heterocycles. The number of hydrogen-bond donors (Lipinski definition) is 2. The molecule has 108 valence electrons. The van der Waals surface area contributed by atoms with Crippen LogP contribution in [-0.4, -0.2) is 25.4 Å². The van der Waals surface area contributed by atoms with Crippen molar-refractivity contribution in [1.29, 1.82) is 0 Å². The zero-order valence-corrected chi connectivity index (χ0v) is 12.9. The molecule has 0 aliphatic carbocycles. The van der Waals surface area contributed by atoms with E-state index in [1.165, 1.54) is 0 Å². The molecule has 0 aromatic heterocycles. The van der Waals surface area contributed by atoms with Crippen molar-refractivity contribution in [3.8, 4) is 11.5 Å². The summed E-state index contributed by atoms with van der Waals surface area (Å²) in [6.07, 6.45) is 3.91. The number of rotatable bonds is 9. The van der Waals surface area contributed by atoms with Crippen molar-refractivity contribution in [2.45, 2.75) is 32.2 Å². The molecule has 4 nitrogen and oxygen atoms in total. The zero-order chi connectivity index (χ0) is 14.1. The quantitative estimate of drug-likeness (QED) is 0.683. The lowest BCUT2D eigenvalue weighted by atomic mass is 10.2. The Kier molecular flexibility index (Phi) is 7.86. The Morgan fingerprint density at radius 3 is 2.58 bits per heavy atom. The van der Waals surface area contributed by atoms with Gasteiger partial charge < -0.3 is 20.3 Å². The van der Waals surface area contributed by atoms with Crippen molar-refractivity contribution in [3.05, 3.63) is 22.2 Å². The van der Waals surface area contributed by atoms with E-state index in [9.17, 15) is 0 Å².